The maximum atomic E-state index is 6.07. The number of rotatable bonds is 4. The minimum Gasteiger partial charge on any atom is -0.382 e. The minimum atomic E-state index is 0.538. The van der Waals surface area contributed by atoms with Gasteiger partial charge in [-0.1, -0.05) is 32.4 Å². The normalized spacial score (nSPS) is 11.5. The van der Waals surface area contributed by atoms with Gasteiger partial charge < -0.3 is 10.7 Å². The van der Waals surface area contributed by atoms with Gasteiger partial charge in [-0.2, -0.15) is 0 Å². The average molecular weight is 268 g/mol. The molecule has 0 saturated carbocycles. The SMILES string of the molecule is CCCCc1nc2c([nH]1)c(N)nc1cc(CC)ccc12. The van der Waals surface area contributed by atoms with Crippen molar-refractivity contribution in [1.82, 2.24) is 15.0 Å². The van der Waals surface area contributed by atoms with Gasteiger partial charge in [-0.05, 0) is 24.5 Å². The predicted octanol–water partition coefficient (Wildman–Crippen LogP) is 3.60. The van der Waals surface area contributed by atoms with Crippen LogP contribution in [0.1, 0.15) is 38.1 Å². The van der Waals surface area contributed by atoms with Gasteiger partial charge in [0, 0.05) is 11.8 Å². The zero-order valence-corrected chi connectivity index (χ0v) is 12.0. The zero-order chi connectivity index (χ0) is 14.1. The van der Waals surface area contributed by atoms with E-state index in [0.717, 1.165) is 53.4 Å². The molecule has 0 aliphatic carbocycles. The van der Waals surface area contributed by atoms with Crippen LogP contribution in [0.2, 0.25) is 0 Å². The molecular weight excluding hydrogens is 248 g/mol. The van der Waals surface area contributed by atoms with Crippen LogP contribution in [-0.2, 0) is 12.8 Å². The Hall–Kier alpha value is -2.10. The Labute approximate surface area is 118 Å². The number of nitrogens with one attached hydrogen (secondary N) is 1. The Balaban J connectivity index is 2.21. The Kier molecular flexibility index (Phi) is 3.30. The number of aryl methyl sites for hydroxylation is 2. The summed E-state index contributed by atoms with van der Waals surface area (Å²) in [6.45, 7) is 4.32. The van der Waals surface area contributed by atoms with Gasteiger partial charge >= 0.3 is 0 Å². The second-order valence-electron chi connectivity index (χ2n) is 5.21. The van der Waals surface area contributed by atoms with E-state index in [2.05, 4.69) is 42.0 Å². The molecule has 3 aromatic rings. The van der Waals surface area contributed by atoms with Crippen molar-refractivity contribution in [2.24, 2.45) is 0 Å². The van der Waals surface area contributed by atoms with E-state index in [-0.39, 0.29) is 0 Å². The van der Waals surface area contributed by atoms with Crippen LogP contribution >= 0.6 is 0 Å². The molecule has 0 unspecified atom stereocenters. The number of nitrogens with zero attached hydrogens (tertiary/aromatic N) is 2. The van der Waals surface area contributed by atoms with Gasteiger partial charge in [-0.25, -0.2) is 9.97 Å². The molecule has 2 heterocycles. The number of aromatic amines is 1. The number of pyridine rings is 1. The second kappa shape index (κ2) is 5.12. The lowest BCUT2D eigenvalue weighted by atomic mass is 10.1. The fourth-order valence-corrected chi connectivity index (χ4v) is 2.54. The number of H-pyrrole nitrogens is 1. The zero-order valence-electron chi connectivity index (χ0n) is 12.0. The monoisotopic (exact) mass is 268 g/mol. The van der Waals surface area contributed by atoms with Crippen molar-refractivity contribution in [3.8, 4) is 0 Å². The van der Waals surface area contributed by atoms with Gasteiger partial charge in [0.1, 0.15) is 22.7 Å². The molecule has 0 radical (unpaired) electrons. The molecular formula is C16H20N4. The van der Waals surface area contributed by atoms with Gasteiger partial charge in [0.2, 0.25) is 0 Å². The standard InChI is InChI=1S/C16H20N4/c1-3-5-6-13-19-14-11-8-7-10(4-2)9-12(11)18-16(17)15(14)20-13/h7-9H,3-6H2,1-2H3,(H2,17,18)(H,19,20). The number of hydrogen-bond donors (Lipinski definition) is 2. The van der Waals surface area contributed by atoms with Gasteiger partial charge in [0.05, 0.1) is 5.52 Å². The largest absolute Gasteiger partial charge is 0.382 e. The van der Waals surface area contributed by atoms with Crippen molar-refractivity contribution < 1.29 is 0 Å². The number of nitrogens with two attached hydrogens (primary N) is 1. The smallest absolute Gasteiger partial charge is 0.150 e. The van der Waals surface area contributed by atoms with E-state index >= 15 is 0 Å². The van der Waals surface area contributed by atoms with Crippen molar-refractivity contribution in [3.63, 3.8) is 0 Å². The molecule has 0 amide bonds. The fraction of sp³-hybridized carbons (Fsp3) is 0.375. The first-order chi connectivity index (χ1) is 9.72. The third kappa shape index (κ3) is 2.11. The maximum Gasteiger partial charge on any atom is 0.150 e. The molecule has 1 aromatic carbocycles. The molecule has 2 aromatic heterocycles. The Morgan fingerprint density at radius 3 is 2.80 bits per heavy atom. The first-order valence-electron chi connectivity index (χ1n) is 7.29. The molecule has 0 fully saturated rings. The van der Waals surface area contributed by atoms with Crippen LogP contribution < -0.4 is 5.73 Å². The van der Waals surface area contributed by atoms with Crippen LogP contribution in [0.5, 0.6) is 0 Å². The lowest BCUT2D eigenvalue weighted by molar-refractivity contribution is 0.765. The molecule has 0 bridgehead atoms. The number of hydrogen-bond acceptors (Lipinski definition) is 3. The highest BCUT2D eigenvalue weighted by Crippen LogP contribution is 2.27. The number of fused-ring (bicyclic) bond motifs is 3. The summed E-state index contributed by atoms with van der Waals surface area (Å²) in [7, 11) is 0. The summed E-state index contributed by atoms with van der Waals surface area (Å²) < 4.78 is 0. The summed E-state index contributed by atoms with van der Waals surface area (Å²) in [6.07, 6.45) is 4.24. The van der Waals surface area contributed by atoms with Crippen LogP contribution in [0.15, 0.2) is 18.2 Å². The molecule has 0 spiro atoms. The lowest BCUT2D eigenvalue weighted by Crippen LogP contribution is -1.94. The number of aromatic nitrogens is 3. The third-order valence-electron chi connectivity index (χ3n) is 3.74. The van der Waals surface area contributed by atoms with Crippen molar-refractivity contribution in [1.29, 1.82) is 0 Å². The Morgan fingerprint density at radius 1 is 1.20 bits per heavy atom. The van der Waals surface area contributed by atoms with E-state index in [0.29, 0.717) is 5.82 Å². The number of benzene rings is 1. The third-order valence-corrected chi connectivity index (χ3v) is 3.74. The molecule has 4 nitrogen and oxygen atoms in total. The van der Waals surface area contributed by atoms with Crippen LogP contribution in [0, 0.1) is 0 Å². The second-order valence-corrected chi connectivity index (χ2v) is 5.21. The molecule has 3 N–H and O–H groups in total. The van der Waals surface area contributed by atoms with E-state index in [1.165, 1.54) is 5.56 Å². The minimum absolute atomic E-state index is 0.538. The molecule has 4 heteroatoms. The summed E-state index contributed by atoms with van der Waals surface area (Å²) >= 11 is 0. The van der Waals surface area contributed by atoms with Gasteiger partial charge in [-0.3, -0.25) is 0 Å². The van der Waals surface area contributed by atoms with E-state index in [9.17, 15) is 0 Å². The van der Waals surface area contributed by atoms with Crippen molar-refractivity contribution in [3.05, 3.63) is 29.6 Å². The van der Waals surface area contributed by atoms with Crippen LogP contribution in [-0.4, -0.2) is 15.0 Å². The van der Waals surface area contributed by atoms with Gasteiger partial charge in [-0.15, -0.1) is 0 Å². The molecule has 0 atom stereocenters. The first kappa shape index (κ1) is 12.9. The highest BCUT2D eigenvalue weighted by Gasteiger charge is 2.11. The van der Waals surface area contributed by atoms with E-state index < -0.39 is 0 Å². The summed E-state index contributed by atoms with van der Waals surface area (Å²) in [5.74, 6) is 1.54. The highest BCUT2D eigenvalue weighted by molar-refractivity contribution is 6.06. The van der Waals surface area contributed by atoms with E-state index in [4.69, 9.17) is 10.7 Å². The maximum absolute atomic E-state index is 6.07. The summed E-state index contributed by atoms with van der Waals surface area (Å²) in [5, 5.41) is 1.07. The topological polar surface area (TPSA) is 67.6 Å². The molecule has 3 rings (SSSR count). The highest BCUT2D eigenvalue weighted by atomic mass is 15.0. The number of nitrogen functional groups attached to an aromatic ring is 1. The predicted molar refractivity (Wildman–Crippen MR) is 83.8 cm³/mol. The van der Waals surface area contributed by atoms with Gasteiger partial charge in [0.15, 0.2) is 0 Å². The quantitative estimate of drug-likeness (QED) is 0.759. The van der Waals surface area contributed by atoms with E-state index in [1.54, 1.807) is 0 Å². The van der Waals surface area contributed by atoms with Crippen LogP contribution in [0.25, 0.3) is 21.9 Å². The number of anilines is 1. The molecule has 0 aliphatic heterocycles. The fourth-order valence-electron chi connectivity index (χ4n) is 2.54. The van der Waals surface area contributed by atoms with Crippen LogP contribution in [0.4, 0.5) is 5.82 Å². The number of unbranched alkanes of at least 4 members (excludes halogenated alkanes) is 1. The van der Waals surface area contributed by atoms with Crippen molar-refractivity contribution in [2.75, 3.05) is 5.73 Å². The molecule has 0 saturated heterocycles. The average Bonchev–Trinajstić information content (AvgIpc) is 2.89. The van der Waals surface area contributed by atoms with Gasteiger partial charge in [0.25, 0.3) is 0 Å². The summed E-state index contributed by atoms with van der Waals surface area (Å²) in [6, 6.07) is 6.35. The first-order valence-corrected chi connectivity index (χ1v) is 7.29. The Morgan fingerprint density at radius 2 is 2.05 bits per heavy atom. The lowest BCUT2D eigenvalue weighted by Gasteiger charge is -2.03. The summed E-state index contributed by atoms with van der Waals surface area (Å²) in [4.78, 5) is 12.6. The Bertz CT molecular complexity index is 758. The van der Waals surface area contributed by atoms with Crippen molar-refractivity contribution in [2.45, 2.75) is 39.5 Å². The molecule has 104 valence electrons. The molecule has 20 heavy (non-hydrogen) atoms. The summed E-state index contributed by atoms with van der Waals surface area (Å²) in [5.41, 5.74) is 10.1. The molecule has 0 aliphatic rings. The van der Waals surface area contributed by atoms with E-state index in [1.807, 2.05) is 0 Å². The van der Waals surface area contributed by atoms with Crippen LogP contribution in [0.3, 0.4) is 0 Å². The van der Waals surface area contributed by atoms with Crippen molar-refractivity contribution >= 4 is 27.8 Å². The number of imidazole rings is 1.